The Balaban J connectivity index is 2.03. The van der Waals surface area contributed by atoms with Crippen molar-refractivity contribution in [3.63, 3.8) is 0 Å². The first-order chi connectivity index (χ1) is 9.20. The molecule has 2 aromatic rings. The number of nitrogens with one attached hydrogen (secondary N) is 2. The van der Waals surface area contributed by atoms with E-state index < -0.39 is 0 Å². The van der Waals surface area contributed by atoms with Crippen molar-refractivity contribution in [1.29, 1.82) is 0 Å². The molecule has 0 aromatic carbocycles. The van der Waals surface area contributed by atoms with Crippen molar-refractivity contribution in [2.45, 2.75) is 20.4 Å². The predicted octanol–water partition coefficient (Wildman–Crippen LogP) is 2.34. The summed E-state index contributed by atoms with van der Waals surface area (Å²) in [5.41, 5.74) is 0.535. The van der Waals surface area contributed by atoms with Crippen LogP contribution in [0.5, 0.6) is 0 Å². The van der Waals surface area contributed by atoms with Crippen molar-refractivity contribution < 1.29 is 9.21 Å². The molecule has 1 amide bonds. The lowest BCUT2D eigenvalue weighted by atomic mass is 10.2. The van der Waals surface area contributed by atoms with E-state index in [2.05, 4.69) is 15.6 Å². The van der Waals surface area contributed by atoms with Gasteiger partial charge in [-0.1, -0.05) is 0 Å². The molecule has 0 aliphatic heterocycles. The molecule has 2 heterocycles. The first kappa shape index (κ1) is 13.1. The Morgan fingerprint density at radius 2 is 2.21 bits per heavy atom. The summed E-state index contributed by atoms with van der Waals surface area (Å²) in [6, 6.07) is 7.21. The molecule has 2 N–H and O–H groups in total. The topological polar surface area (TPSA) is 67.2 Å². The van der Waals surface area contributed by atoms with Crippen molar-refractivity contribution in [3.05, 3.63) is 47.5 Å². The number of pyridine rings is 1. The van der Waals surface area contributed by atoms with E-state index in [4.69, 9.17) is 4.42 Å². The molecule has 0 saturated carbocycles. The molecular formula is C14H17N3O2. The van der Waals surface area contributed by atoms with Gasteiger partial charge in [0.25, 0.3) is 5.91 Å². The molecule has 5 nitrogen and oxygen atoms in total. The van der Waals surface area contributed by atoms with Gasteiger partial charge in [0.2, 0.25) is 0 Å². The number of rotatable bonds is 5. The van der Waals surface area contributed by atoms with Crippen molar-refractivity contribution in [1.82, 2.24) is 10.3 Å². The largest absolute Gasteiger partial charge is 0.465 e. The Bertz CT molecular complexity index is 563. The zero-order chi connectivity index (χ0) is 13.7. The Kier molecular flexibility index (Phi) is 4.18. The minimum atomic E-state index is -0.168. The van der Waals surface area contributed by atoms with Crippen molar-refractivity contribution in [3.8, 4) is 0 Å². The van der Waals surface area contributed by atoms with Gasteiger partial charge in [-0.3, -0.25) is 4.79 Å². The fourth-order valence-electron chi connectivity index (χ4n) is 1.74. The zero-order valence-electron chi connectivity index (χ0n) is 11.1. The number of furan rings is 1. The molecule has 100 valence electrons. The summed E-state index contributed by atoms with van der Waals surface area (Å²) in [5, 5.41) is 5.88. The molecule has 0 atom stereocenters. The van der Waals surface area contributed by atoms with Crippen molar-refractivity contribution >= 4 is 11.7 Å². The monoisotopic (exact) mass is 259 g/mol. The number of hydrogen-bond acceptors (Lipinski definition) is 4. The van der Waals surface area contributed by atoms with Crippen LogP contribution in [0.25, 0.3) is 0 Å². The first-order valence-corrected chi connectivity index (χ1v) is 6.23. The molecule has 2 aromatic heterocycles. The Morgan fingerprint density at radius 1 is 1.37 bits per heavy atom. The quantitative estimate of drug-likeness (QED) is 0.865. The summed E-state index contributed by atoms with van der Waals surface area (Å²) in [7, 11) is 0. The van der Waals surface area contributed by atoms with E-state index in [1.807, 2.05) is 26.0 Å². The standard InChI is InChI=1S/C14H17N3O2/c1-3-15-13-12(5-4-8-16-13)14(18)17-9-11-7-6-10(2)19-11/h4-8H,3,9H2,1-2H3,(H,15,16)(H,17,18). The molecule has 0 bridgehead atoms. The minimum absolute atomic E-state index is 0.168. The highest BCUT2D eigenvalue weighted by atomic mass is 16.3. The lowest BCUT2D eigenvalue weighted by Crippen LogP contribution is -2.24. The average Bonchev–Trinajstić information content (AvgIpc) is 2.83. The summed E-state index contributed by atoms with van der Waals surface area (Å²) in [5.74, 6) is 2.00. The van der Waals surface area contributed by atoms with Gasteiger partial charge in [-0.2, -0.15) is 0 Å². The van der Waals surface area contributed by atoms with Gasteiger partial charge in [0.05, 0.1) is 12.1 Å². The predicted molar refractivity (Wildman–Crippen MR) is 73.0 cm³/mol. The maximum Gasteiger partial charge on any atom is 0.255 e. The van der Waals surface area contributed by atoms with E-state index in [-0.39, 0.29) is 5.91 Å². The number of carbonyl (C=O) groups excluding carboxylic acids is 1. The van der Waals surface area contributed by atoms with Crippen LogP contribution in [-0.4, -0.2) is 17.4 Å². The third-order valence-corrected chi connectivity index (χ3v) is 2.62. The highest BCUT2D eigenvalue weighted by Gasteiger charge is 2.11. The van der Waals surface area contributed by atoms with Gasteiger partial charge in [-0.25, -0.2) is 4.98 Å². The van der Waals surface area contributed by atoms with E-state index in [0.717, 1.165) is 11.5 Å². The maximum absolute atomic E-state index is 12.1. The van der Waals surface area contributed by atoms with E-state index in [1.165, 1.54) is 0 Å². The molecule has 0 unspecified atom stereocenters. The fourth-order valence-corrected chi connectivity index (χ4v) is 1.74. The van der Waals surface area contributed by atoms with Gasteiger partial charge in [-0.15, -0.1) is 0 Å². The van der Waals surface area contributed by atoms with Crippen LogP contribution in [0.3, 0.4) is 0 Å². The van der Waals surface area contributed by atoms with Gasteiger partial charge in [0.15, 0.2) is 0 Å². The van der Waals surface area contributed by atoms with E-state index in [0.29, 0.717) is 24.5 Å². The minimum Gasteiger partial charge on any atom is -0.465 e. The van der Waals surface area contributed by atoms with Crippen LogP contribution in [0.1, 0.15) is 28.8 Å². The molecular weight excluding hydrogens is 242 g/mol. The lowest BCUT2D eigenvalue weighted by Gasteiger charge is -2.09. The first-order valence-electron chi connectivity index (χ1n) is 6.23. The number of hydrogen-bond donors (Lipinski definition) is 2. The number of anilines is 1. The second-order valence-electron chi connectivity index (χ2n) is 4.12. The second-order valence-corrected chi connectivity index (χ2v) is 4.12. The summed E-state index contributed by atoms with van der Waals surface area (Å²) in [6.07, 6.45) is 1.66. The Hall–Kier alpha value is -2.30. The van der Waals surface area contributed by atoms with Gasteiger partial charge < -0.3 is 15.1 Å². The van der Waals surface area contributed by atoms with E-state index in [1.54, 1.807) is 18.3 Å². The summed E-state index contributed by atoms with van der Waals surface area (Å²) >= 11 is 0. The van der Waals surface area contributed by atoms with E-state index in [9.17, 15) is 4.79 Å². The van der Waals surface area contributed by atoms with Gasteiger partial charge in [-0.05, 0) is 38.1 Å². The van der Waals surface area contributed by atoms with Crippen LogP contribution in [-0.2, 0) is 6.54 Å². The van der Waals surface area contributed by atoms with Crippen LogP contribution < -0.4 is 10.6 Å². The van der Waals surface area contributed by atoms with Crippen LogP contribution in [0.4, 0.5) is 5.82 Å². The highest BCUT2D eigenvalue weighted by Crippen LogP contribution is 2.11. The molecule has 19 heavy (non-hydrogen) atoms. The van der Waals surface area contributed by atoms with Gasteiger partial charge in [0.1, 0.15) is 17.3 Å². The van der Waals surface area contributed by atoms with Crippen LogP contribution >= 0.6 is 0 Å². The molecule has 0 radical (unpaired) electrons. The molecule has 0 saturated heterocycles. The molecule has 0 fully saturated rings. The summed E-state index contributed by atoms with van der Waals surface area (Å²) in [4.78, 5) is 16.2. The average molecular weight is 259 g/mol. The summed E-state index contributed by atoms with van der Waals surface area (Å²) < 4.78 is 5.40. The normalized spacial score (nSPS) is 10.2. The van der Waals surface area contributed by atoms with Gasteiger partial charge in [0, 0.05) is 12.7 Å². The van der Waals surface area contributed by atoms with Crippen molar-refractivity contribution in [2.75, 3.05) is 11.9 Å². The van der Waals surface area contributed by atoms with Crippen LogP contribution in [0.15, 0.2) is 34.9 Å². The molecule has 0 aliphatic carbocycles. The van der Waals surface area contributed by atoms with Crippen LogP contribution in [0.2, 0.25) is 0 Å². The van der Waals surface area contributed by atoms with E-state index >= 15 is 0 Å². The number of aryl methyl sites for hydroxylation is 1. The summed E-state index contributed by atoms with van der Waals surface area (Å²) in [6.45, 7) is 4.92. The maximum atomic E-state index is 12.1. The Morgan fingerprint density at radius 3 is 2.89 bits per heavy atom. The smallest absolute Gasteiger partial charge is 0.255 e. The third kappa shape index (κ3) is 3.34. The third-order valence-electron chi connectivity index (χ3n) is 2.62. The SMILES string of the molecule is CCNc1ncccc1C(=O)NCc1ccc(C)o1. The van der Waals surface area contributed by atoms with Gasteiger partial charge >= 0.3 is 0 Å². The van der Waals surface area contributed by atoms with Crippen LogP contribution in [0, 0.1) is 6.92 Å². The zero-order valence-corrected chi connectivity index (χ0v) is 11.1. The number of carbonyl (C=O) groups is 1. The molecule has 0 aliphatic rings. The van der Waals surface area contributed by atoms with Crippen molar-refractivity contribution in [2.24, 2.45) is 0 Å². The highest BCUT2D eigenvalue weighted by molar-refractivity contribution is 5.98. The second kappa shape index (κ2) is 6.04. The lowest BCUT2D eigenvalue weighted by molar-refractivity contribution is 0.0948. The number of nitrogens with zero attached hydrogens (tertiary/aromatic N) is 1. The molecule has 0 spiro atoms. The Labute approximate surface area is 112 Å². The number of aromatic nitrogens is 1. The number of amides is 1. The molecule has 2 rings (SSSR count). The fraction of sp³-hybridized carbons (Fsp3) is 0.286. The molecule has 5 heteroatoms.